The molecule has 3 N–H and O–H groups in total. The summed E-state index contributed by atoms with van der Waals surface area (Å²) in [4.78, 5) is 12.2. The number of nitrogens with two attached hydrogens (primary N) is 1. The van der Waals surface area contributed by atoms with Gasteiger partial charge < -0.3 is 11.1 Å². The van der Waals surface area contributed by atoms with Crippen LogP contribution in [0.3, 0.4) is 0 Å². The van der Waals surface area contributed by atoms with E-state index in [9.17, 15) is 4.79 Å². The van der Waals surface area contributed by atoms with E-state index in [2.05, 4.69) is 33.0 Å². The maximum Gasteiger partial charge on any atom is 0.229 e. The van der Waals surface area contributed by atoms with E-state index in [0.717, 1.165) is 6.54 Å². The summed E-state index contributed by atoms with van der Waals surface area (Å²) in [6.45, 7) is 11.6. The molecule has 1 aliphatic carbocycles. The van der Waals surface area contributed by atoms with Gasteiger partial charge in [0.2, 0.25) is 5.91 Å². The largest absolute Gasteiger partial charge is 0.393 e. The third kappa shape index (κ3) is 2.46. The number of nitrogens with one attached hydrogen (secondary N) is 1. The van der Waals surface area contributed by atoms with Crippen LogP contribution >= 0.6 is 12.2 Å². The summed E-state index contributed by atoms with van der Waals surface area (Å²) in [5.74, 6) is 0.177. The van der Waals surface area contributed by atoms with E-state index >= 15 is 0 Å². The summed E-state index contributed by atoms with van der Waals surface area (Å²) in [6, 6.07) is 0. The molecule has 0 saturated heterocycles. The second kappa shape index (κ2) is 4.56. The highest BCUT2D eigenvalue weighted by molar-refractivity contribution is 7.80. The minimum atomic E-state index is -0.324. The molecule has 1 atom stereocenters. The Morgan fingerprint density at radius 3 is 2.12 bits per heavy atom. The lowest BCUT2D eigenvalue weighted by molar-refractivity contribution is -0.123. The number of hydrogen-bond acceptors (Lipinski definition) is 2. The Balaban J connectivity index is 2.48. The van der Waals surface area contributed by atoms with E-state index in [1.165, 1.54) is 0 Å². The van der Waals surface area contributed by atoms with Crippen molar-refractivity contribution in [2.24, 2.45) is 28.4 Å². The zero-order valence-corrected chi connectivity index (χ0v) is 12.3. The number of hydrogen-bond donors (Lipinski definition) is 2. The van der Waals surface area contributed by atoms with Gasteiger partial charge in [0.05, 0.1) is 10.9 Å². The highest BCUT2D eigenvalue weighted by Gasteiger charge is 2.64. The topological polar surface area (TPSA) is 55.1 Å². The lowest BCUT2D eigenvalue weighted by Gasteiger charge is -2.13. The van der Waals surface area contributed by atoms with Gasteiger partial charge in [0.25, 0.3) is 0 Å². The zero-order chi connectivity index (χ0) is 13.4. The summed E-state index contributed by atoms with van der Waals surface area (Å²) in [6.07, 6.45) is 0.665. The van der Waals surface area contributed by atoms with Crippen LogP contribution in [0, 0.1) is 22.7 Å². The molecule has 1 unspecified atom stereocenters. The molecule has 0 spiro atoms. The molecule has 1 fully saturated rings. The van der Waals surface area contributed by atoms with Crippen LogP contribution in [0.25, 0.3) is 0 Å². The maximum atomic E-state index is 11.9. The number of thiocarbonyl (C=S) groups is 1. The lowest BCUT2D eigenvalue weighted by Crippen LogP contribution is -2.38. The molecule has 17 heavy (non-hydrogen) atoms. The Morgan fingerprint density at radius 2 is 1.82 bits per heavy atom. The van der Waals surface area contributed by atoms with Crippen molar-refractivity contribution in [1.82, 2.24) is 5.32 Å². The molecule has 0 aromatic rings. The number of carbonyl (C=O) groups is 1. The molecule has 1 rings (SSSR count). The zero-order valence-electron chi connectivity index (χ0n) is 11.5. The summed E-state index contributed by atoms with van der Waals surface area (Å²) < 4.78 is 0. The van der Waals surface area contributed by atoms with Crippen LogP contribution in [0.4, 0.5) is 0 Å². The van der Waals surface area contributed by atoms with Gasteiger partial charge >= 0.3 is 0 Å². The lowest BCUT2D eigenvalue weighted by atomic mass is 10.0. The average Bonchev–Trinajstić information content (AvgIpc) is 2.55. The highest BCUT2D eigenvalue weighted by atomic mass is 32.1. The Kier molecular flexibility index (Phi) is 3.87. The molecule has 0 heterocycles. The Bertz CT molecular complexity index is 322. The summed E-state index contributed by atoms with van der Waals surface area (Å²) >= 11 is 4.89. The Labute approximate surface area is 110 Å². The molecule has 0 bridgehead atoms. The fourth-order valence-corrected chi connectivity index (χ4v) is 2.96. The van der Waals surface area contributed by atoms with Gasteiger partial charge in [-0.25, -0.2) is 0 Å². The van der Waals surface area contributed by atoms with Crippen molar-refractivity contribution < 1.29 is 4.79 Å². The van der Waals surface area contributed by atoms with Gasteiger partial charge in [-0.3, -0.25) is 4.79 Å². The fourth-order valence-electron chi connectivity index (χ4n) is 2.69. The Hall–Kier alpha value is -0.640. The molecule has 4 heteroatoms. The molecule has 1 saturated carbocycles. The maximum absolute atomic E-state index is 11.9. The van der Waals surface area contributed by atoms with E-state index < -0.39 is 0 Å². The molecule has 0 aliphatic heterocycles. The first kappa shape index (κ1) is 14.4. The van der Waals surface area contributed by atoms with Crippen LogP contribution in [-0.4, -0.2) is 17.4 Å². The van der Waals surface area contributed by atoms with Crippen LogP contribution in [0.5, 0.6) is 0 Å². The second-order valence-electron chi connectivity index (χ2n) is 6.10. The predicted molar refractivity (Wildman–Crippen MR) is 74.6 cm³/mol. The smallest absolute Gasteiger partial charge is 0.229 e. The minimum Gasteiger partial charge on any atom is -0.393 e. The quantitative estimate of drug-likeness (QED) is 0.741. The monoisotopic (exact) mass is 256 g/mol. The van der Waals surface area contributed by atoms with Crippen LogP contribution in [-0.2, 0) is 4.79 Å². The van der Waals surface area contributed by atoms with E-state index in [1.54, 1.807) is 0 Å². The van der Waals surface area contributed by atoms with Crippen LogP contribution in [0.15, 0.2) is 0 Å². The standard InChI is InChI=1S/C13H24N2OS/c1-6-8(10(14)17)11(16)15-7-9-12(2,3)13(9,4)5/h8-9H,6-7H2,1-5H3,(H2,14,17)(H,15,16). The van der Waals surface area contributed by atoms with E-state index in [-0.39, 0.29) is 11.8 Å². The first-order valence-electron chi connectivity index (χ1n) is 6.23. The molecule has 0 aromatic carbocycles. The van der Waals surface area contributed by atoms with Gasteiger partial charge in [0, 0.05) is 6.54 Å². The van der Waals surface area contributed by atoms with Crippen molar-refractivity contribution in [1.29, 1.82) is 0 Å². The Morgan fingerprint density at radius 1 is 1.35 bits per heavy atom. The molecular formula is C13H24N2OS. The molecule has 3 nitrogen and oxygen atoms in total. The van der Waals surface area contributed by atoms with Gasteiger partial charge in [-0.2, -0.15) is 0 Å². The van der Waals surface area contributed by atoms with Gasteiger partial charge in [-0.15, -0.1) is 0 Å². The second-order valence-corrected chi connectivity index (χ2v) is 6.58. The summed E-state index contributed by atoms with van der Waals surface area (Å²) in [7, 11) is 0. The van der Waals surface area contributed by atoms with Gasteiger partial charge in [-0.05, 0) is 23.2 Å². The van der Waals surface area contributed by atoms with Gasteiger partial charge in [0.1, 0.15) is 0 Å². The van der Waals surface area contributed by atoms with Gasteiger partial charge in [-0.1, -0.05) is 46.8 Å². The van der Waals surface area contributed by atoms with Crippen LogP contribution < -0.4 is 11.1 Å². The molecule has 98 valence electrons. The van der Waals surface area contributed by atoms with E-state index in [1.807, 2.05) is 6.92 Å². The van der Waals surface area contributed by atoms with Crippen molar-refractivity contribution in [3.8, 4) is 0 Å². The minimum absolute atomic E-state index is 0.0292. The third-order valence-corrected chi connectivity index (χ3v) is 5.15. The van der Waals surface area contributed by atoms with Crippen molar-refractivity contribution in [3.63, 3.8) is 0 Å². The van der Waals surface area contributed by atoms with Crippen LogP contribution in [0.2, 0.25) is 0 Å². The van der Waals surface area contributed by atoms with Crippen LogP contribution in [0.1, 0.15) is 41.0 Å². The first-order valence-corrected chi connectivity index (χ1v) is 6.64. The van der Waals surface area contributed by atoms with E-state index in [0.29, 0.717) is 28.2 Å². The normalized spacial score (nSPS) is 22.9. The SMILES string of the molecule is CCC(C(=O)NCC1C(C)(C)C1(C)C)C(N)=S. The van der Waals surface area contributed by atoms with Gasteiger partial charge in [0.15, 0.2) is 0 Å². The van der Waals surface area contributed by atoms with Crippen molar-refractivity contribution in [2.75, 3.05) is 6.54 Å². The first-order chi connectivity index (χ1) is 7.66. The molecule has 0 aromatic heterocycles. The van der Waals surface area contributed by atoms with Crippen molar-refractivity contribution in [2.45, 2.75) is 41.0 Å². The van der Waals surface area contributed by atoms with Crippen molar-refractivity contribution in [3.05, 3.63) is 0 Å². The third-order valence-electron chi connectivity index (χ3n) is 4.87. The number of carbonyl (C=O) groups excluding carboxylic acids is 1. The number of rotatable bonds is 5. The molecular weight excluding hydrogens is 232 g/mol. The summed E-state index contributed by atoms with van der Waals surface area (Å²) in [5, 5.41) is 2.98. The van der Waals surface area contributed by atoms with E-state index in [4.69, 9.17) is 18.0 Å². The predicted octanol–water partition coefficient (Wildman–Crippen LogP) is 2.10. The average molecular weight is 256 g/mol. The number of amides is 1. The summed E-state index contributed by atoms with van der Waals surface area (Å²) in [5.41, 5.74) is 6.14. The molecule has 1 aliphatic rings. The fraction of sp³-hybridized carbons (Fsp3) is 0.846. The van der Waals surface area contributed by atoms with Crippen molar-refractivity contribution >= 4 is 23.1 Å². The molecule has 0 radical (unpaired) electrons. The highest BCUT2D eigenvalue weighted by Crippen LogP contribution is 2.67. The molecule has 1 amide bonds.